The summed E-state index contributed by atoms with van der Waals surface area (Å²) in [5.41, 5.74) is 0.719. The molecule has 0 radical (unpaired) electrons. The van der Waals surface area contributed by atoms with Gasteiger partial charge in [-0.05, 0) is 32.0 Å². The second-order valence-corrected chi connectivity index (χ2v) is 10.0. The molecule has 1 spiro atoms. The van der Waals surface area contributed by atoms with Crippen LogP contribution < -0.4 is 24.7 Å². The van der Waals surface area contributed by atoms with Crippen molar-refractivity contribution in [2.24, 2.45) is 4.99 Å². The Balaban J connectivity index is 1.53. The lowest BCUT2D eigenvalue weighted by Gasteiger charge is -2.49. The van der Waals surface area contributed by atoms with Gasteiger partial charge in [-0.3, -0.25) is 4.99 Å². The van der Waals surface area contributed by atoms with Crippen LogP contribution in [0, 0.1) is 5.82 Å². The van der Waals surface area contributed by atoms with Crippen molar-refractivity contribution in [3.05, 3.63) is 64.9 Å². The van der Waals surface area contributed by atoms with Crippen molar-refractivity contribution < 1.29 is 28.1 Å². The van der Waals surface area contributed by atoms with E-state index in [1.165, 1.54) is 24.5 Å². The fourth-order valence-corrected chi connectivity index (χ4v) is 5.74. The van der Waals surface area contributed by atoms with Gasteiger partial charge in [0.05, 0.1) is 17.2 Å². The average molecular weight is 513 g/mol. The Bertz CT molecular complexity index is 1510. The van der Waals surface area contributed by atoms with Gasteiger partial charge < -0.3 is 19.8 Å². The number of fused-ring (bicyclic) bond motifs is 4. The van der Waals surface area contributed by atoms with Crippen LogP contribution in [0.25, 0.3) is 17.3 Å². The third-order valence-corrected chi connectivity index (χ3v) is 7.19. The number of ether oxygens (including phenoxy) is 1. The number of hydrogen-bond donors (Lipinski definition) is 2. The van der Waals surface area contributed by atoms with E-state index in [-0.39, 0.29) is 47.0 Å². The number of hydrogen-bond acceptors (Lipinski definition) is 7. The summed E-state index contributed by atoms with van der Waals surface area (Å²) in [5.74, 6) is -0.224. The number of quaternary nitrogens is 1. The largest absolute Gasteiger partial charge is 0.428 e. The Hall–Kier alpha value is -3.54. The smallest absolute Gasteiger partial charge is 0.387 e. The van der Waals surface area contributed by atoms with Crippen molar-refractivity contribution in [1.29, 1.82) is 0 Å². The topological polar surface area (TPSA) is 91.1 Å². The van der Waals surface area contributed by atoms with E-state index in [2.05, 4.69) is 9.97 Å². The Labute approximate surface area is 210 Å². The Morgan fingerprint density at radius 3 is 2.65 bits per heavy atom. The second kappa shape index (κ2) is 8.23. The molecule has 11 heteroatoms. The summed E-state index contributed by atoms with van der Waals surface area (Å²) in [6.07, 6.45) is 4.54. The van der Waals surface area contributed by atoms with E-state index in [0.29, 0.717) is 34.1 Å². The standard InChI is InChI=1S/C26H25F3N5O3/c1-26(2,36)24-30-10-15(11-31-24)16-8-14-12-34-13-19(32-18(14)9-17(16)27)23(34)33(6-7-35)20-4-3-5-21(22(20)34)37-25(28)29/h3-5,8-12,19,23,25,35-36H,6-7,13H2,1-2H3/q+1/t19-,23?,34+/m1/s1. The van der Waals surface area contributed by atoms with Crippen LogP contribution >= 0.6 is 0 Å². The van der Waals surface area contributed by atoms with Gasteiger partial charge in [0.1, 0.15) is 29.9 Å². The van der Waals surface area contributed by atoms with Gasteiger partial charge in [0.2, 0.25) is 11.9 Å². The summed E-state index contributed by atoms with van der Waals surface area (Å²) in [6, 6.07) is 7.77. The number of para-hydroxylation sites is 1. The average Bonchev–Trinajstić information content (AvgIpc) is 2.94. The molecule has 3 aliphatic rings. The lowest BCUT2D eigenvalue weighted by atomic mass is 9.99. The molecule has 3 aromatic rings. The van der Waals surface area contributed by atoms with Gasteiger partial charge in [-0.15, -0.1) is 0 Å². The van der Waals surface area contributed by atoms with Gasteiger partial charge in [0, 0.05) is 36.1 Å². The summed E-state index contributed by atoms with van der Waals surface area (Å²) in [4.78, 5) is 15.2. The maximum atomic E-state index is 15.3. The fraction of sp³-hybridized carbons (Fsp3) is 0.346. The predicted molar refractivity (Wildman–Crippen MR) is 130 cm³/mol. The van der Waals surface area contributed by atoms with Crippen LogP contribution in [-0.2, 0) is 5.60 Å². The fourth-order valence-electron chi connectivity index (χ4n) is 5.74. The Morgan fingerprint density at radius 2 is 1.97 bits per heavy atom. The summed E-state index contributed by atoms with van der Waals surface area (Å²) in [6.45, 7) is 0.770. The van der Waals surface area contributed by atoms with E-state index in [1.807, 2.05) is 17.2 Å². The lowest BCUT2D eigenvalue weighted by molar-refractivity contribution is -0.0506. The van der Waals surface area contributed by atoms with Gasteiger partial charge in [-0.2, -0.15) is 8.78 Å². The number of halogens is 3. The summed E-state index contributed by atoms with van der Waals surface area (Å²) in [7, 11) is 0. The molecule has 2 bridgehead atoms. The second-order valence-electron chi connectivity index (χ2n) is 10.0. The molecule has 8 nitrogen and oxygen atoms in total. The Morgan fingerprint density at radius 1 is 1.22 bits per heavy atom. The molecule has 3 aliphatic heterocycles. The number of alkyl halides is 2. The first-order valence-electron chi connectivity index (χ1n) is 11.9. The Kier molecular flexibility index (Phi) is 5.30. The van der Waals surface area contributed by atoms with Crippen LogP contribution in [0.15, 0.2) is 47.7 Å². The van der Waals surface area contributed by atoms with Crippen molar-refractivity contribution >= 4 is 17.6 Å². The van der Waals surface area contributed by atoms with E-state index in [9.17, 15) is 19.0 Å². The first kappa shape index (κ1) is 23.8. The molecule has 6 rings (SSSR count). The highest BCUT2D eigenvalue weighted by Gasteiger charge is 2.65. The first-order chi connectivity index (χ1) is 17.6. The van der Waals surface area contributed by atoms with Crippen molar-refractivity contribution in [2.75, 3.05) is 24.6 Å². The van der Waals surface area contributed by atoms with Crippen molar-refractivity contribution in [3.63, 3.8) is 0 Å². The molecular weight excluding hydrogens is 487 g/mol. The minimum absolute atomic E-state index is 0.0639. The molecule has 4 heterocycles. The van der Waals surface area contributed by atoms with Gasteiger partial charge in [0.25, 0.3) is 0 Å². The lowest BCUT2D eigenvalue weighted by Crippen LogP contribution is -2.74. The molecule has 1 fully saturated rings. The number of β-amino-alcohol motifs (C(OH)–C–C–N with tert-alkyl or cyclic N) is 1. The van der Waals surface area contributed by atoms with Gasteiger partial charge in [-0.1, -0.05) is 6.07 Å². The third kappa shape index (κ3) is 3.60. The normalized spacial score (nSPS) is 23.3. The molecule has 0 saturated carbocycles. The quantitative estimate of drug-likeness (QED) is 0.492. The molecule has 1 unspecified atom stereocenters. The molecule has 1 aromatic heterocycles. The number of benzene rings is 2. The first-order valence-corrected chi connectivity index (χ1v) is 11.9. The molecule has 3 atom stereocenters. The van der Waals surface area contributed by atoms with Crippen LogP contribution in [-0.4, -0.2) is 58.7 Å². The van der Waals surface area contributed by atoms with Crippen LogP contribution in [0.1, 0.15) is 19.7 Å². The van der Waals surface area contributed by atoms with E-state index < -0.39 is 18.0 Å². The number of rotatable bonds is 6. The van der Waals surface area contributed by atoms with E-state index in [4.69, 9.17) is 9.73 Å². The van der Waals surface area contributed by atoms with Crippen molar-refractivity contribution in [2.45, 2.75) is 38.3 Å². The van der Waals surface area contributed by atoms with Gasteiger partial charge in [-0.25, -0.2) is 18.8 Å². The maximum absolute atomic E-state index is 15.3. The predicted octanol–water partition coefficient (Wildman–Crippen LogP) is 2.01. The number of aliphatic hydroxyl groups excluding tert-OH is 1. The van der Waals surface area contributed by atoms with E-state index in [0.717, 1.165) is 0 Å². The molecule has 2 aromatic carbocycles. The zero-order valence-electron chi connectivity index (χ0n) is 20.1. The SMILES string of the molecule is CC(C)(O)c1ncc(-c2cc3c(cc2F)=N[C@@H]2C[N@@+]4(C=3)c3c(OC(F)F)cccc3N(CCO)C24)cn1. The van der Waals surface area contributed by atoms with Crippen LogP contribution in [0.5, 0.6) is 5.75 Å². The zero-order valence-corrected chi connectivity index (χ0v) is 20.1. The highest BCUT2D eigenvalue weighted by atomic mass is 19.3. The highest BCUT2D eigenvalue weighted by Crippen LogP contribution is 2.57. The number of nitrogens with zero attached hydrogens (tertiary/aromatic N) is 5. The summed E-state index contributed by atoms with van der Waals surface area (Å²) >= 11 is 0. The monoisotopic (exact) mass is 512 g/mol. The minimum atomic E-state index is -3.00. The van der Waals surface area contributed by atoms with Gasteiger partial charge >= 0.3 is 6.61 Å². The molecule has 192 valence electrons. The molecule has 0 amide bonds. The van der Waals surface area contributed by atoms with Crippen LogP contribution in [0.4, 0.5) is 24.5 Å². The zero-order chi connectivity index (χ0) is 26.1. The maximum Gasteiger partial charge on any atom is 0.387 e. The summed E-state index contributed by atoms with van der Waals surface area (Å²) in [5, 5.41) is 21.0. The highest BCUT2D eigenvalue weighted by molar-refractivity contribution is 5.86. The molecular formula is C26H25F3N5O3+. The number of anilines is 1. The van der Waals surface area contributed by atoms with Crippen molar-refractivity contribution in [1.82, 2.24) is 14.5 Å². The number of aromatic nitrogens is 2. The summed E-state index contributed by atoms with van der Waals surface area (Å²) < 4.78 is 47.0. The van der Waals surface area contributed by atoms with Crippen LogP contribution in [0.3, 0.4) is 0 Å². The molecule has 1 saturated heterocycles. The van der Waals surface area contributed by atoms with E-state index >= 15 is 4.39 Å². The number of aliphatic hydroxyl groups is 2. The van der Waals surface area contributed by atoms with Crippen molar-refractivity contribution in [3.8, 4) is 16.9 Å². The molecule has 37 heavy (non-hydrogen) atoms. The minimum Gasteiger partial charge on any atom is -0.428 e. The molecule has 2 N–H and O–H groups in total. The third-order valence-electron chi connectivity index (χ3n) is 7.19. The van der Waals surface area contributed by atoms with Gasteiger partial charge in [0.15, 0.2) is 17.6 Å². The van der Waals surface area contributed by atoms with Crippen LogP contribution in [0.2, 0.25) is 0 Å². The molecule has 0 aliphatic carbocycles. The van der Waals surface area contributed by atoms with E-state index in [1.54, 1.807) is 26.0 Å².